The van der Waals surface area contributed by atoms with Gasteiger partial charge in [0.1, 0.15) is 68.6 Å². The second-order valence-corrected chi connectivity index (χ2v) is 32.6. The number of fused-ring (bicyclic) bond motifs is 3. The normalized spacial score (nSPS) is 17.5. The molecular weight excluding hydrogens is 1490 g/mol. The fraction of sp³-hybridized carbons (Fsp3) is 0.467. The van der Waals surface area contributed by atoms with Crippen molar-refractivity contribution in [3.63, 3.8) is 0 Å². The summed E-state index contributed by atoms with van der Waals surface area (Å²) in [5.41, 5.74) is 7.25. The highest BCUT2D eigenvalue weighted by Crippen LogP contribution is 2.39. The van der Waals surface area contributed by atoms with Gasteiger partial charge in [-0.15, -0.1) is 0 Å². The van der Waals surface area contributed by atoms with E-state index in [0.29, 0.717) is 104 Å². The van der Waals surface area contributed by atoms with Gasteiger partial charge >= 0.3 is 0 Å². The molecule has 0 radical (unpaired) electrons. The molecule has 4 unspecified atom stereocenters. The lowest BCUT2D eigenvalue weighted by Crippen LogP contribution is -2.24. The van der Waals surface area contributed by atoms with E-state index in [-0.39, 0.29) is 69.6 Å². The third kappa shape index (κ3) is 19.4. The molecule has 0 spiro atoms. The molecule has 0 aliphatic carbocycles. The summed E-state index contributed by atoms with van der Waals surface area (Å²) in [7, 11) is 0. The Morgan fingerprint density at radius 3 is 0.846 bits per heavy atom. The Hall–Kier alpha value is -10.4. The quantitative estimate of drug-likeness (QED) is 0.0570. The topological polar surface area (TPSA) is 215 Å². The van der Waals surface area contributed by atoms with Gasteiger partial charge < -0.3 is 44.4 Å². The maximum atomic E-state index is 15.0. The molecule has 0 saturated carbocycles. The van der Waals surface area contributed by atoms with Crippen LogP contribution in [-0.2, 0) is 0 Å². The number of rotatable bonds is 21. The number of pyridine rings is 3. The van der Waals surface area contributed by atoms with Crippen molar-refractivity contribution >= 4 is 68.4 Å². The molecule has 0 amide bonds. The van der Waals surface area contributed by atoms with Crippen LogP contribution in [0.5, 0.6) is 0 Å². The molecule has 3 N–H and O–H groups in total. The van der Waals surface area contributed by atoms with Crippen LogP contribution in [0.4, 0.5) is 61.6 Å². The third-order valence-corrected chi connectivity index (χ3v) is 24.1. The second-order valence-electron chi connectivity index (χ2n) is 32.6. The zero-order valence-electron chi connectivity index (χ0n) is 70.1. The van der Waals surface area contributed by atoms with Gasteiger partial charge in [0, 0.05) is 53.4 Å². The summed E-state index contributed by atoms with van der Waals surface area (Å²) < 4.78 is 95.4. The Kier molecular flexibility index (Phi) is 27.1. The molecule has 3 aromatic carbocycles. The summed E-state index contributed by atoms with van der Waals surface area (Å²) in [4.78, 5) is 59.9. The Labute approximate surface area is 682 Å². The summed E-state index contributed by atoms with van der Waals surface area (Å²) in [6.45, 7) is 41.4. The van der Waals surface area contributed by atoms with E-state index in [2.05, 4.69) is 150 Å². The second kappa shape index (κ2) is 37.5. The average Bonchev–Trinajstić information content (AvgIpc) is 1.65. The standard InChI is InChI=1S/3C30H37F2N7/c3*1-6-38-12-7-8-21(11-13-38)19(4)22-9-10-27(33-16-22)36-30-34-17-25(32)28(37-30)23-14-24(31)29-26(15-23)39(18(2)3)20(5)35-29/h3*9-10,14-19,21H,6-8,11-13H2,1-5H3,(H,33,34,36,37)/t2*19-,21?;/m10./s1. The predicted molar refractivity (Wildman–Crippen MR) is 454 cm³/mol. The largest absolute Gasteiger partial charge is 0.326 e. The summed E-state index contributed by atoms with van der Waals surface area (Å²) in [6, 6.07) is 21.2. The highest BCUT2D eigenvalue weighted by atomic mass is 19.1. The van der Waals surface area contributed by atoms with E-state index in [4.69, 9.17) is 0 Å². The fourth-order valence-electron chi connectivity index (χ4n) is 17.5. The molecule has 21 nitrogen and oxygen atoms in total. The van der Waals surface area contributed by atoms with Crippen LogP contribution >= 0.6 is 0 Å². The first kappa shape index (κ1) is 84.5. The van der Waals surface area contributed by atoms with Crippen LogP contribution in [0, 0.1) is 73.4 Å². The minimum atomic E-state index is -0.631. The van der Waals surface area contributed by atoms with Crippen LogP contribution in [0.2, 0.25) is 0 Å². The van der Waals surface area contributed by atoms with E-state index in [1.54, 1.807) is 18.2 Å². The van der Waals surface area contributed by atoms with Crippen LogP contribution < -0.4 is 16.0 Å². The number of hydrogen-bond acceptors (Lipinski definition) is 18. The SMILES string of the molecule is CCN1CCCC(C(C)c2ccc(Nc3ncc(F)c(-c4cc(F)c5nc(C)n(C(C)C)c5c4)n3)nc2)CC1.CCN1CCCC([C@@H](C)c2ccc(Nc3ncc(F)c(-c4cc(F)c5nc(C)n(C(C)C)c5c4)n3)nc2)CC1.CCN1CCCC([C@H](C)c2ccc(Nc3ncc(F)c(-c4cc(F)c5nc(C)n(C(C)C)c5c4)n3)nc2)CC1. The smallest absolute Gasteiger partial charge is 0.229 e. The number of aromatic nitrogens is 15. The van der Waals surface area contributed by atoms with Crippen molar-refractivity contribution in [1.29, 1.82) is 0 Å². The van der Waals surface area contributed by atoms with Crippen LogP contribution in [0.25, 0.3) is 66.9 Å². The van der Waals surface area contributed by atoms with Gasteiger partial charge in [-0.3, -0.25) is 0 Å². The molecule has 15 rings (SSSR count). The molecule has 12 aromatic rings. The zero-order chi connectivity index (χ0) is 83.0. The summed E-state index contributed by atoms with van der Waals surface area (Å²) in [5, 5.41) is 9.23. The van der Waals surface area contributed by atoms with Crippen molar-refractivity contribution in [2.24, 2.45) is 17.8 Å². The van der Waals surface area contributed by atoms with E-state index in [1.807, 2.05) is 113 Å². The maximum absolute atomic E-state index is 15.0. The molecule has 12 heterocycles. The third-order valence-electron chi connectivity index (χ3n) is 24.1. The molecule has 3 aliphatic rings. The van der Waals surface area contributed by atoms with Gasteiger partial charge in [0.15, 0.2) is 34.9 Å². The number of anilines is 6. The molecule has 618 valence electrons. The molecule has 117 heavy (non-hydrogen) atoms. The monoisotopic (exact) mass is 1600 g/mol. The molecule has 0 bridgehead atoms. The van der Waals surface area contributed by atoms with Crippen molar-refractivity contribution in [3.8, 4) is 33.8 Å². The number of likely N-dealkylation sites (tertiary alicyclic amines) is 3. The lowest BCUT2D eigenvalue weighted by atomic mass is 9.83. The Morgan fingerprint density at radius 2 is 0.607 bits per heavy atom. The van der Waals surface area contributed by atoms with E-state index in [9.17, 15) is 26.3 Å². The lowest BCUT2D eigenvalue weighted by molar-refractivity contribution is 0.291. The number of nitrogens with zero attached hydrogens (tertiary/aromatic N) is 18. The average molecular weight is 1600 g/mol. The van der Waals surface area contributed by atoms with Crippen molar-refractivity contribution in [2.45, 2.75) is 198 Å². The van der Waals surface area contributed by atoms with E-state index in [0.717, 1.165) is 57.9 Å². The van der Waals surface area contributed by atoms with Crippen molar-refractivity contribution in [3.05, 3.63) is 179 Å². The van der Waals surface area contributed by atoms with E-state index in [1.165, 1.54) is 112 Å². The first-order valence-corrected chi connectivity index (χ1v) is 41.7. The fourth-order valence-corrected chi connectivity index (χ4v) is 17.5. The molecule has 3 fully saturated rings. The first-order valence-electron chi connectivity index (χ1n) is 41.7. The van der Waals surface area contributed by atoms with Crippen LogP contribution in [-0.4, -0.2) is 147 Å². The number of hydrogen-bond donors (Lipinski definition) is 3. The van der Waals surface area contributed by atoms with Gasteiger partial charge in [0.2, 0.25) is 17.8 Å². The van der Waals surface area contributed by atoms with Crippen molar-refractivity contribution in [1.82, 2.24) is 88.2 Å². The number of benzene rings is 3. The number of nitrogens with one attached hydrogen (secondary N) is 3. The lowest BCUT2D eigenvalue weighted by Gasteiger charge is -2.23. The summed E-state index contributed by atoms with van der Waals surface area (Å²) in [5.74, 6) is 4.12. The molecule has 3 saturated heterocycles. The maximum Gasteiger partial charge on any atom is 0.229 e. The molecule has 27 heteroatoms. The minimum absolute atomic E-state index is 0.0159. The van der Waals surface area contributed by atoms with Crippen molar-refractivity contribution in [2.75, 3.05) is 74.9 Å². The van der Waals surface area contributed by atoms with Gasteiger partial charge in [-0.25, -0.2) is 86.2 Å². The van der Waals surface area contributed by atoms with Gasteiger partial charge in [0.05, 0.1) is 35.1 Å². The first-order chi connectivity index (χ1) is 56.2. The molecule has 6 atom stereocenters. The highest BCUT2D eigenvalue weighted by Gasteiger charge is 2.29. The van der Waals surface area contributed by atoms with Gasteiger partial charge in [-0.05, 0) is 286 Å². The predicted octanol–water partition coefficient (Wildman–Crippen LogP) is 21.1. The molecular formula is C90H111F6N21. The van der Waals surface area contributed by atoms with Crippen LogP contribution in [0.3, 0.4) is 0 Å². The summed E-state index contributed by atoms with van der Waals surface area (Å²) >= 11 is 0. The van der Waals surface area contributed by atoms with E-state index >= 15 is 0 Å². The van der Waals surface area contributed by atoms with Gasteiger partial charge in [-0.2, -0.15) is 0 Å². The number of halogens is 6. The highest BCUT2D eigenvalue weighted by molar-refractivity contribution is 5.85. The van der Waals surface area contributed by atoms with Gasteiger partial charge in [0.25, 0.3) is 0 Å². The van der Waals surface area contributed by atoms with Crippen LogP contribution in [0.1, 0.15) is 211 Å². The Balaban J connectivity index is 0.000000152. The zero-order valence-corrected chi connectivity index (χ0v) is 70.1. The minimum Gasteiger partial charge on any atom is -0.326 e. The number of aryl methyl sites for hydroxylation is 3. The van der Waals surface area contributed by atoms with Crippen molar-refractivity contribution < 1.29 is 26.3 Å². The Bertz CT molecular complexity index is 4870. The molecule has 9 aromatic heterocycles. The number of imidazole rings is 3. The summed E-state index contributed by atoms with van der Waals surface area (Å²) in [6.07, 6.45) is 20.0. The van der Waals surface area contributed by atoms with Gasteiger partial charge in [-0.1, -0.05) is 59.7 Å². The molecule has 3 aliphatic heterocycles. The van der Waals surface area contributed by atoms with Crippen LogP contribution in [0.15, 0.2) is 110 Å². The Morgan fingerprint density at radius 1 is 0.333 bits per heavy atom. The van der Waals surface area contributed by atoms with E-state index < -0.39 is 34.9 Å².